The molecule has 2 N–H and O–H groups in total. The molecule has 2 aromatic rings. The largest absolute Gasteiger partial charge is 0.508 e. The smallest absolute Gasteiger partial charge is 0.252 e. The average Bonchev–Trinajstić information content (AvgIpc) is 3.24. The Labute approximate surface area is 138 Å². The van der Waals surface area contributed by atoms with Gasteiger partial charge in [0.15, 0.2) is 0 Å². The molecule has 1 aliphatic heterocycles. The maximum atomic E-state index is 12.4. The molecule has 1 aliphatic rings. The van der Waals surface area contributed by atoms with Gasteiger partial charge in [-0.3, -0.25) is 9.59 Å². The molecule has 2 heterocycles. The lowest BCUT2D eigenvalue weighted by Crippen LogP contribution is -2.39. The monoisotopic (exact) mass is 330 g/mol. The summed E-state index contributed by atoms with van der Waals surface area (Å²) in [6.07, 6.45) is 1.84. The van der Waals surface area contributed by atoms with Gasteiger partial charge < -0.3 is 15.3 Å². The predicted molar refractivity (Wildman–Crippen MR) is 88.4 cm³/mol. The molecule has 6 heteroatoms. The van der Waals surface area contributed by atoms with Crippen molar-refractivity contribution in [3.63, 3.8) is 0 Å². The molecule has 0 unspecified atom stereocenters. The van der Waals surface area contributed by atoms with Crippen LogP contribution in [0.15, 0.2) is 41.1 Å². The first-order chi connectivity index (χ1) is 11.1. The zero-order valence-electron chi connectivity index (χ0n) is 12.6. The summed E-state index contributed by atoms with van der Waals surface area (Å²) in [7, 11) is 0. The van der Waals surface area contributed by atoms with Crippen molar-refractivity contribution >= 4 is 23.2 Å². The van der Waals surface area contributed by atoms with Gasteiger partial charge in [-0.25, -0.2) is 0 Å². The molecule has 0 saturated carbocycles. The van der Waals surface area contributed by atoms with E-state index in [4.69, 9.17) is 0 Å². The molecule has 1 fully saturated rings. The van der Waals surface area contributed by atoms with Crippen LogP contribution < -0.4 is 5.32 Å². The number of rotatable bonds is 4. The van der Waals surface area contributed by atoms with Gasteiger partial charge in [0.1, 0.15) is 5.75 Å². The summed E-state index contributed by atoms with van der Waals surface area (Å²) in [5.41, 5.74) is 1.59. The van der Waals surface area contributed by atoms with E-state index in [-0.39, 0.29) is 30.2 Å². The molecule has 120 valence electrons. The van der Waals surface area contributed by atoms with E-state index in [0.717, 1.165) is 18.4 Å². The molecular weight excluding hydrogens is 312 g/mol. The highest BCUT2D eigenvalue weighted by Crippen LogP contribution is 2.32. The lowest BCUT2D eigenvalue weighted by atomic mass is 10.0. The van der Waals surface area contributed by atoms with Crippen LogP contribution in [-0.4, -0.2) is 34.9 Å². The highest BCUT2D eigenvalue weighted by Gasteiger charge is 2.29. The fraction of sp³-hybridized carbons (Fsp3) is 0.294. The van der Waals surface area contributed by atoms with Crippen molar-refractivity contribution in [3.05, 3.63) is 52.2 Å². The topological polar surface area (TPSA) is 69.6 Å². The lowest BCUT2D eigenvalue weighted by Gasteiger charge is -2.25. The van der Waals surface area contributed by atoms with Crippen LogP contribution >= 0.6 is 11.3 Å². The molecule has 0 aliphatic carbocycles. The highest BCUT2D eigenvalue weighted by molar-refractivity contribution is 7.08. The van der Waals surface area contributed by atoms with Crippen molar-refractivity contribution in [2.24, 2.45) is 0 Å². The van der Waals surface area contributed by atoms with Crippen LogP contribution in [0.5, 0.6) is 5.75 Å². The number of hydrogen-bond donors (Lipinski definition) is 2. The van der Waals surface area contributed by atoms with E-state index in [1.165, 1.54) is 11.3 Å². The second-order valence-electron chi connectivity index (χ2n) is 5.53. The van der Waals surface area contributed by atoms with Crippen molar-refractivity contribution < 1.29 is 14.7 Å². The Bertz CT molecular complexity index is 682. The summed E-state index contributed by atoms with van der Waals surface area (Å²) < 4.78 is 0. The third kappa shape index (κ3) is 3.53. The maximum absolute atomic E-state index is 12.4. The SMILES string of the molecule is O=C(NCC(=O)N1CCC[C@H]1c1ccc(O)cc1)c1ccsc1. The molecule has 2 amide bonds. The van der Waals surface area contributed by atoms with Gasteiger partial charge in [-0.05, 0) is 42.0 Å². The normalized spacial score (nSPS) is 17.2. The number of hydrogen-bond acceptors (Lipinski definition) is 4. The van der Waals surface area contributed by atoms with E-state index in [9.17, 15) is 14.7 Å². The van der Waals surface area contributed by atoms with Crippen LogP contribution in [-0.2, 0) is 4.79 Å². The zero-order valence-corrected chi connectivity index (χ0v) is 13.4. The Morgan fingerprint density at radius 3 is 2.74 bits per heavy atom. The van der Waals surface area contributed by atoms with E-state index in [2.05, 4.69) is 5.32 Å². The zero-order chi connectivity index (χ0) is 16.2. The molecule has 0 radical (unpaired) electrons. The van der Waals surface area contributed by atoms with Gasteiger partial charge in [0.25, 0.3) is 5.91 Å². The van der Waals surface area contributed by atoms with Gasteiger partial charge in [0.2, 0.25) is 5.91 Å². The Morgan fingerprint density at radius 2 is 2.04 bits per heavy atom. The number of benzene rings is 1. The van der Waals surface area contributed by atoms with Crippen LogP contribution in [0.3, 0.4) is 0 Å². The molecule has 1 atom stereocenters. The van der Waals surface area contributed by atoms with Crippen molar-refractivity contribution in [2.75, 3.05) is 13.1 Å². The number of carbonyl (C=O) groups is 2. The first-order valence-electron chi connectivity index (χ1n) is 7.54. The Hall–Kier alpha value is -2.34. The van der Waals surface area contributed by atoms with E-state index in [1.807, 2.05) is 17.5 Å². The quantitative estimate of drug-likeness (QED) is 0.905. The molecule has 0 bridgehead atoms. The number of phenols is 1. The standard InChI is InChI=1S/C17H18N2O3S/c20-14-5-3-12(4-6-14)15-2-1-8-19(15)16(21)10-18-17(22)13-7-9-23-11-13/h3-7,9,11,15,20H,1-2,8,10H2,(H,18,22)/t15-/m0/s1. The minimum Gasteiger partial charge on any atom is -0.508 e. The molecule has 5 nitrogen and oxygen atoms in total. The highest BCUT2D eigenvalue weighted by atomic mass is 32.1. The first kappa shape index (κ1) is 15.6. The summed E-state index contributed by atoms with van der Waals surface area (Å²) >= 11 is 1.45. The van der Waals surface area contributed by atoms with Gasteiger partial charge in [-0.15, -0.1) is 0 Å². The van der Waals surface area contributed by atoms with Crippen LogP contribution in [0.4, 0.5) is 0 Å². The van der Waals surface area contributed by atoms with Gasteiger partial charge in [0, 0.05) is 17.5 Å². The first-order valence-corrected chi connectivity index (χ1v) is 8.48. The van der Waals surface area contributed by atoms with E-state index in [0.29, 0.717) is 12.1 Å². The minimum atomic E-state index is -0.222. The van der Waals surface area contributed by atoms with Crippen LogP contribution in [0.25, 0.3) is 0 Å². The van der Waals surface area contributed by atoms with Gasteiger partial charge in [0.05, 0.1) is 12.6 Å². The van der Waals surface area contributed by atoms with Crippen molar-refractivity contribution in [2.45, 2.75) is 18.9 Å². The molecule has 1 aromatic carbocycles. The average molecular weight is 330 g/mol. The number of amides is 2. The molecule has 1 aromatic heterocycles. The third-order valence-corrected chi connectivity index (χ3v) is 4.72. The lowest BCUT2D eigenvalue weighted by molar-refractivity contribution is -0.131. The number of likely N-dealkylation sites (tertiary alicyclic amines) is 1. The molecule has 0 spiro atoms. The molecule has 3 rings (SSSR count). The van der Waals surface area contributed by atoms with Gasteiger partial charge in [-0.2, -0.15) is 11.3 Å². The fourth-order valence-corrected chi connectivity index (χ4v) is 3.50. The number of aromatic hydroxyl groups is 1. The summed E-state index contributed by atoms with van der Waals surface area (Å²) in [6.45, 7) is 0.696. The number of phenolic OH excluding ortho intramolecular Hbond substituents is 1. The second kappa shape index (κ2) is 6.83. The van der Waals surface area contributed by atoms with Gasteiger partial charge in [-0.1, -0.05) is 12.1 Å². The second-order valence-corrected chi connectivity index (χ2v) is 6.31. The third-order valence-electron chi connectivity index (χ3n) is 4.03. The van der Waals surface area contributed by atoms with E-state index < -0.39 is 0 Å². The predicted octanol–water partition coefficient (Wildman–Crippen LogP) is 2.55. The summed E-state index contributed by atoms with van der Waals surface area (Å²) in [4.78, 5) is 26.2. The number of carbonyl (C=O) groups excluding carboxylic acids is 2. The van der Waals surface area contributed by atoms with Crippen molar-refractivity contribution in [1.29, 1.82) is 0 Å². The van der Waals surface area contributed by atoms with Crippen molar-refractivity contribution in [1.82, 2.24) is 10.2 Å². The van der Waals surface area contributed by atoms with Crippen LogP contribution in [0, 0.1) is 0 Å². The van der Waals surface area contributed by atoms with E-state index in [1.54, 1.807) is 28.5 Å². The summed E-state index contributed by atoms with van der Waals surface area (Å²) in [5.74, 6) is -0.0863. The number of nitrogens with one attached hydrogen (secondary N) is 1. The number of nitrogens with zero attached hydrogens (tertiary/aromatic N) is 1. The Balaban J connectivity index is 1.62. The fourth-order valence-electron chi connectivity index (χ4n) is 2.86. The Kier molecular flexibility index (Phi) is 4.62. The molecule has 1 saturated heterocycles. The van der Waals surface area contributed by atoms with Crippen LogP contribution in [0.2, 0.25) is 0 Å². The van der Waals surface area contributed by atoms with E-state index >= 15 is 0 Å². The molecule has 23 heavy (non-hydrogen) atoms. The Morgan fingerprint density at radius 1 is 1.26 bits per heavy atom. The number of thiophene rings is 1. The molecular formula is C17H18N2O3S. The summed E-state index contributed by atoms with van der Waals surface area (Å²) in [6, 6.07) is 8.70. The summed E-state index contributed by atoms with van der Waals surface area (Å²) in [5, 5.41) is 15.7. The van der Waals surface area contributed by atoms with Crippen LogP contribution in [0.1, 0.15) is 34.8 Å². The van der Waals surface area contributed by atoms with Gasteiger partial charge >= 0.3 is 0 Å². The van der Waals surface area contributed by atoms with Crippen molar-refractivity contribution in [3.8, 4) is 5.75 Å². The maximum Gasteiger partial charge on any atom is 0.252 e. The minimum absolute atomic E-state index is 0.00324.